The van der Waals surface area contributed by atoms with Crippen molar-refractivity contribution in [1.29, 1.82) is 0 Å². The van der Waals surface area contributed by atoms with Gasteiger partial charge in [-0.05, 0) is 27.7 Å². The summed E-state index contributed by atoms with van der Waals surface area (Å²) in [6.45, 7) is 7.91. The van der Waals surface area contributed by atoms with E-state index in [1.54, 1.807) is 4.90 Å². The molecule has 0 saturated carbocycles. The molecule has 0 fully saturated rings. The summed E-state index contributed by atoms with van der Waals surface area (Å²) in [5.74, 6) is 0.304. The fourth-order valence-electron chi connectivity index (χ4n) is 1.27. The Morgan fingerprint density at radius 3 is 1.82 bits per heavy atom. The molecule has 7 heteroatoms. The highest BCUT2D eigenvalue weighted by Gasteiger charge is 2.20. The molecule has 0 aromatic heterocycles. The molecule has 0 aromatic rings. The molecule has 2 nitrogen and oxygen atoms in total. The minimum atomic E-state index is -0.0160. The molecule has 0 heterocycles. The van der Waals surface area contributed by atoms with Crippen LogP contribution in [-0.4, -0.2) is 45.3 Å². The summed E-state index contributed by atoms with van der Waals surface area (Å²) in [5, 5.41) is 0.284. The van der Waals surface area contributed by atoms with Gasteiger partial charge in [0.25, 0.3) is 5.24 Å². The van der Waals surface area contributed by atoms with E-state index in [2.05, 4.69) is 0 Å². The molecule has 100 valence electrons. The fraction of sp³-hybridized carbons (Fsp3) is 0.700. The van der Waals surface area contributed by atoms with Gasteiger partial charge < -0.3 is 4.90 Å². The van der Waals surface area contributed by atoms with Crippen molar-refractivity contribution in [2.24, 2.45) is 0 Å². The molecule has 0 aromatic carbocycles. The van der Waals surface area contributed by atoms with Gasteiger partial charge in [0.1, 0.15) is 4.49 Å². The standard InChI is InChI=1S/C10H16Cl3NOS.Al.3H/c1-6(2)14(7(3)4)10(15)16-5-8(11)9(12)13;;;;/h6-7H,5H2,1-4H3;;;;. The summed E-state index contributed by atoms with van der Waals surface area (Å²) in [7, 11) is 0. The molecule has 0 rings (SSSR count). The van der Waals surface area contributed by atoms with Crippen LogP contribution in [0.25, 0.3) is 0 Å². The maximum Gasteiger partial charge on any atom is 0.282 e. The van der Waals surface area contributed by atoms with E-state index in [9.17, 15) is 4.79 Å². The predicted molar refractivity (Wildman–Crippen MR) is 84.5 cm³/mol. The summed E-state index contributed by atoms with van der Waals surface area (Å²) in [6.07, 6.45) is 0. The van der Waals surface area contributed by atoms with E-state index in [-0.39, 0.29) is 39.2 Å². The molecular weight excluding hydrogens is 316 g/mol. The van der Waals surface area contributed by atoms with E-state index < -0.39 is 0 Å². The molecule has 0 bridgehead atoms. The molecule has 17 heavy (non-hydrogen) atoms. The second kappa shape index (κ2) is 9.84. The van der Waals surface area contributed by atoms with Gasteiger partial charge in [0.05, 0.1) is 5.03 Å². The van der Waals surface area contributed by atoms with Crippen LogP contribution in [0.4, 0.5) is 4.79 Å². The lowest BCUT2D eigenvalue weighted by molar-refractivity contribution is 0.190. The summed E-state index contributed by atoms with van der Waals surface area (Å²) in [6, 6.07) is 0.323. The lowest BCUT2D eigenvalue weighted by Crippen LogP contribution is -2.39. The summed E-state index contributed by atoms with van der Waals surface area (Å²) in [4.78, 5) is 13.7. The predicted octanol–water partition coefficient (Wildman–Crippen LogP) is 3.66. The second-order valence-corrected chi connectivity index (χ2v) is 6.15. The van der Waals surface area contributed by atoms with E-state index in [0.717, 1.165) is 11.8 Å². The average molecular weight is 335 g/mol. The van der Waals surface area contributed by atoms with Crippen molar-refractivity contribution in [3.8, 4) is 0 Å². The Morgan fingerprint density at radius 1 is 1.12 bits per heavy atom. The van der Waals surface area contributed by atoms with Crippen LogP contribution in [0.5, 0.6) is 0 Å². The van der Waals surface area contributed by atoms with Gasteiger partial charge >= 0.3 is 0 Å². The van der Waals surface area contributed by atoms with Gasteiger partial charge in [-0.1, -0.05) is 46.6 Å². The first-order chi connectivity index (χ1) is 7.27. The number of carbonyl (C=O) groups is 1. The van der Waals surface area contributed by atoms with Crippen LogP contribution >= 0.6 is 46.6 Å². The number of hydrogen-bond donors (Lipinski definition) is 0. The van der Waals surface area contributed by atoms with E-state index in [0.29, 0.717) is 10.8 Å². The zero-order valence-electron chi connectivity index (χ0n) is 9.76. The maximum absolute atomic E-state index is 11.9. The zero-order chi connectivity index (χ0) is 12.9. The smallest absolute Gasteiger partial charge is 0.282 e. The first-order valence-electron chi connectivity index (χ1n) is 4.92. The molecule has 0 atom stereocenters. The van der Waals surface area contributed by atoms with Crippen LogP contribution < -0.4 is 0 Å². The largest absolute Gasteiger partial charge is 0.329 e. The van der Waals surface area contributed by atoms with E-state index in [1.807, 2.05) is 27.7 Å². The molecule has 0 saturated heterocycles. The molecular formula is C10H19AlCl3NOS. The summed E-state index contributed by atoms with van der Waals surface area (Å²) >= 11 is 17.8. The van der Waals surface area contributed by atoms with Gasteiger partial charge in [0.2, 0.25) is 0 Å². The van der Waals surface area contributed by atoms with Crippen LogP contribution in [0.3, 0.4) is 0 Å². The molecule has 0 radical (unpaired) electrons. The Morgan fingerprint density at radius 2 is 1.53 bits per heavy atom. The third kappa shape index (κ3) is 7.87. The van der Waals surface area contributed by atoms with Gasteiger partial charge in [-0.2, -0.15) is 0 Å². The van der Waals surface area contributed by atoms with Crippen molar-refractivity contribution in [1.82, 2.24) is 4.90 Å². The first kappa shape index (κ1) is 20.3. The van der Waals surface area contributed by atoms with Crippen molar-refractivity contribution in [2.45, 2.75) is 39.8 Å². The van der Waals surface area contributed by atoms with Gasteiger partial charge in [-0.25, -0.2) is 0 Å². The van der Waals surface area contributed by atoms with Crippen LogP contribution in [0.2, 0.25) is 0 Å². The second-order valence-electron chi connectivity index (χ2n) is 3.81. The Bertz CT molecular complexity index is 273. The number of nitrogens with zero attached hydrogens (tertiary/aromatic N) is 1. The molecule has 1 amide bonds. The topological polar surface area (TPSA) is 20.3 Å². The van der Waals surface area contributed by atoms with Gasteiger partial charge in [0.15, 0.2) is 17.4 Å². The van der Waals surface area contributed by atoms with E-state index in [4.69, 9.17) is 34.8 Å². The number of hydrogen-bond acceptors (Lipinski definition) is 2. The lowest BCUT2D eigenvalue weighted by Gasteiger charge is -2.30. The Labute approximate surface area is 133 Å². The van der Waals surface area contributed by atoms with Gasteiger partial charge in [0, 0.05) is 17.8 Å². The van der Waals surface area contributed by atoms with Gasteiger partial charge in [-0.3, -0.25) is 4.79 Å². The minimum Gasteiger partial charge on any atom is -0.329 e. The summed E-state index contributed by atoms with van der Waals surface area (Å²) in [5.41, 5.74) is 0. The monoisotopic (exact) mass is 333 g/mol. The molecule has 0 unspecified atom stereocenters. The number of carbonyl (C=O) groups excluding carboxylic acids is 1. The van der Waals surface area contributed by atoms with Gasteiger partial charge in [-0.15, -0.1) is 0 Å². The highest BCUT2D eigenvalue weighted by molar-refractivity contribution is 8.13. The quantitative estimate of drug-likeness (QED) is 0.731. The highest BCUT2D eigenvalue weighted by atomic mass is 35.5. The van der Waals surface area contributed by atoms with E-state index in [1.165, 1.54) is 0 Å². The van der Waals surface area contributed by atoms with Crippen LogP contribution in [0.15, 0.2) is 9.52 Å². The molecule has 0 aliphatic carbocycles. The summed E-state index contributed by atoms with van der Waals surface area (Å²) < 4.78 is 0.0163. The molecule has 0 aliphatic heterocycles. The van der Waals surface area contributed by atoms with Crippen molar-refractivity contribution < 1.29 is 4.79 Å². The molecule has 0 aliphatic rings. The number of amides is 1. The lowest BCUT2D eigenvalue weighted by atomic mass is 10.2. The third-order valence-electron chi connectivity index (χ3n) is 1.85. The minimum absolute atomic E-state index is 0. The molecule has 0 spiro atoms. The SMILES string of the molecule is CC(C)N(C(=O)SCC(Cl)=C(Cl)Cl)C(C)C.[AlH3]. The first-order valence-corrected chi connectivity index (χ1v) is 7.04. The average Bonchev–Trinajstić information content (AvgIpc) is 2.12. The van der Waals surface area contributed by atoms with Crippen molar-refractivity contribution in [3.05, 3.63) is 9.52 Å². The van der Waals surface area contributed by atoms with Crippen LogP contribution in [0, 0.1) is 0 Å². The highest BCUT2D eigenvalue weighted by Crippen LogP contribution is 2.24. The van der Waals surface area contributed by atoms with Crippen LogP contribution in [-0.2, 0) is 0 Å². The molecule has 0 N–H and O–H groups in total. The zero-order valence-corrected chi connectivity index (χ0v) is 12.8. The van der Waals surface area contributed by atoms with Crippen molar-refractivity contribution >= 4 is 69.2 Å². The van der Waals surface area contributed by atoms with Crippen molar-refractivity contribution in [3.63, 3.8) is 0 Å². The Balaban J connectivity index is 0. The Hall–Kier alpha value is 0.962. The van der Waals surface area contributed by atoms with Crippen molar-refractivity contribution in [2.75, 3.05) is 5.75 Å². The number of halogens is 3. The maximum atomic E-state index is 11.9. The number of thioether (sulfide) groups is 1. The third-order valence-corrected chi connectivity index (χ3v) is 3.87. The normalized spacial score (nSPS) is 10.2. The number of rotatable bonds is 4. The Kier molecular flexibility index (Phi) is 11.7. The van der Waals surface area contributed by atoms with Crippen LogP contribution in [0.1, 0.15) is 27.7 Å². The van der Waals surface area contributed by atoms with E-state index >= 15 is 0 Å². The fourth-order valence-corrected chi connectivity index (χ4v) is 2.69.